The second-order valence-electron chi connectivity index (χ2n) is 7.78. The largest absolute Gasteiger partial charge is 0.497 e. The van der Waals surface area contributed by atoms with Crippen molar-refractivity contribution in [1.82, 2.24) is 4.90 Å². The molecule has 1 aliphatic rings. The highest BCUT2D eigenvalue weighted by Gasteiger charge is 2.24. The number of fused-ring (bicyclic) bond motifs is 1. The van der Waals surface area contributed by atoms with E-state index in [4.69, 9.17) is 9.47 Å². The summed E-state index contributed by atoms with van der Waals surface area (Å²) in [6.45, 7) is 1.52. The first-order valence-corrected chi connectivity index (χ1v) is 10.3. The van der Waals surface area contributed by atoms with E-state index in [9.17, 15) is 9.90 Å². The summed E-state index contributed by atoms with van der Waals surface area (Å²) in [4.78, 5) is 14.8. The predicted octanol–water partition coefficient (Wildman–Crippen LogP) is 4.37. The molecular formula is C25H27NO4. The Labute approximate surface area is 176 Å². The van der Waals surface area contributed by atoms with Gasteiger partial charge in [-0.15, -0.1) is 0 Å². The van der Waals surface area contributed by atoms with Gasteiger partial charge in [0.2, 0.25) is 0 Å². The standard InChI is InChI=1S/C25H27NO4/c1-29-22-9-10-24(30-2)23(14-22)20-7-5-19-13-21(8-6-18(19)12-20)25(28)26-11-3-4-17(15-26)16-27/h5-10,12-14,17,27H,3-4,11,15-16H2,1-2H3. The number of aliphatic hydroxyl groups excluding tert-OH is 1. The van der Waals surface area contributed by atoms with Crippen LogP contribution in [0, 0.1) is 5.92 Å². The highest BCUT2D eigenvalue weighted by molar-refractivity contribution is 5.99. The summed E-state index contributed by atoms with van der Waals surface area (Å²) in [6.07, 6.45) is 1.92. The molecule has 30 heavy (non-hydrogen) atoms. The molecule has 0 radical (unpaired) electrons. The third kappa shape index (κ3) is 3.98. The molecule has 1 fully saturated rings. The Bertz CT molecular complexity index is 1060. The highest BCUT2D eigenvalue weighted by atomic mass is 16.5. The van der Waals surface area contributed by atoms with Crippen molar-refractivity contribution in [1.29, 1.82) is 0 Å². The molecule has 0 spiro atoms. The van der Waals surface area contributed by atoms with Crippen molar-refractivity contribution in [2.24, 2.45) is 5.92 Å². The Hall–Kier alpha value is -3.05. The van der Waals surface area contributed by atoms with Crippen molar-refractivity contribution < 1.29 is 19.4 Å². The van der Waals surface area contributed by atoms with E-state index in [-0.39, 0.29) is 18.4 Å². The first-order valence-electron chi connectivity index (χ1n) is 10.3. The SMILES string of the molecule is COc1ccc(OC)c(-c2ccc3cc(C(=O)N4CCCC(CO)C4)ccc3c2)c1. The quantitative estimate of drug-likeness (QED) is 0.685. The van der Waals surface area contributed by atoms with Gasteiger partial charge in [0.1, 0.15) is 11.5 Å². The van der Waals surface area contributed by atoms with Gasteiger partial charge in [-0.25, -0.2) is 0 Å². The highest BCUT2D eigenvalue weighted by Crippen LogP contribution is 2.35. The average molecular weight is 405 g/mol. The molecule has 156 valence electrons. The number of benzene rings is 3. The van der Waals surface area contributed by atoms with Crippen LogP contribution in [0.25, 0.3) is 21.9 Å². The maximum absolute atomic E-state index is 13.0. The number of aliphatic hydroxyl groups is 1. The third-order valence-corrected chi connectivity index (χ3v) is 5.87. The Morgan fingerprint density at radius 1 is 1.03 bits per heavy atom. The number of carbonyl (C=O) groups is 1. The summed E-state index contributed by atoms with van der Waals surface area (Å²) < 4.78 is 10.9. The normalized spacial score (nSPS) is 16.5. The lowest BCUT2D eigenvalue weighted by Gasteiger charge is -2.32. The molecule has 0 aliphatic carbocycles. The number of ether oxygens (including phenoxy) is 2. The van der Waals surface area contributed by atoms with E-state index in [2.05, 4.69) is 6.07 Å². The second-order valence-corrected chi connectivity index (χ2v) is 7.78. The number of likely N-dealkylation sites (tertiary alicyclic amines) is 1. The zero-order chi connectivity index (χ0) is 21.1. The number of rotatable bonds is 5. The van der Waals surface area contributed by atoms with Gasteiger partial charge in [0.15, 0.2) is 0 Å². The molecule has 1 unspecified atom stereocenters. The fraction of sp³-hybridized carbons (Fsp3) is 0.320. The summed E-state index contributed by atoms with van der Waals surface area (Å²) in [7, 11) is 3.31. The van der Waals surface area contributed by atoms with E-state index in [1.807, 2.05) is 53.4 Å². The molecular weight excluding hydrogens is 378 g/mol. The van der Waals surface area contributed by atoms with Gasteiger partial charge in [-0.05, 0) is 71.5 Å². The smallest absolute Gasteiger partial charge is 0.253 e. The monoisotopic (exact) mass is 405 g/mol. The summed E-state index contributed by atoms with van der Waals surface area (Å²) in [5.41, 5.74) is 2.68. The van der Waals surface area contributed by atoms with Crippen LogP contribution in [-0.4, -0.2) is 49.8 Å². The van der Waals surface area contributed by atoms with Crippen LogP contribution in [-0.2, 0) is 0 Å². The van der Waals surface area contributed by atoms with Gasteiger partial charge in [-0.3, -0.25) is 4.79 Å². The van der Waals surface area contributed by atoms with Crippen molar-refractivity contribution in [2.75, 3.05) is 33.9 Å². The second kappa shape index (κ2) is 8.76. The van der Waals surface area contributed by atoms with Crippen LogP contribution in [0.4, 0.5) is 0 Å². The minimum atomic E-state index is 0.0357. The van der Waals surface area contributed by atoms with Crippen molar-refractivity contribution in [2.45, 2.75) is 12.8 Å². The molecule has 1 amide bonds. The van der Waals surface area contributed by atoms with E-state index in [1.54, 1.807) is 14.2 Å². The summed E-state index contributed by atoms with van der Waals surface area (Å²) in [5.74, 6) is 1.78. The van der Waals surface area contributed by atoms with Gasteiger partial charge in [0.05, 0.1) is 14.2 Å². The predicted molar refractivity (Wildman–Crippen MR) is 118 cm³/mol. The lowest BCUT2D eigenvalue weighted by atomic mass is 9.97. The molecule has 3 aromatic rings. The first-order chi connectivity index (χ1) is 14.6. The zero-order valence-corrected chi connectivity index (χ0v) is 17.4. The zero-order valence-electron chi connectivity index (χ0n) is 17.4. The Balaban J connectivity index is 1.64. The number of methoxy groups -OCH3 is 2. The van der Waals surface area contributed by atoms with Crippen LogP contribution in [0.1, 0.15) is 23.2 Å². The van der Waals surface area contributed by atoms with Crippen molar-refractivity contribution >= 4 is 16.7 Å². The molecule has 0 saturated carbocycles. The van der Waals surface area contributed by atoms with Crippen LogP contribution in [0.5, 0.6) is 11.5 Å². The summed E-state index contributed by atoms with van der Waals surface area (Å²) in [5, 5.41) is 11.5. The lowest BCUT2D eigenvalue weighted by Crippen LogP contribution is -2.40. The van der Waals surface area contributed by atoms with Gasteiger partial charge in [0, 0.05) is 30.8 Å². The van der Waals surface area contributed by atoms with Gasteiger partial charge in [-0.1, -0.05) is 18.2 Å². The molecule has 5 heteroatoms. The molecule has 1 N–H and O–H groups in total. The minimum Gasteiger partial charge on any atom is -0.497 e. The van der Waals surface area contributed by atoms with Crippen LogP contribution < -0.4 is 9.47 Å². The average Bonchev–Trinajstić information content (AvgIpc) is 2.82. The molecule has 0 bridgehead atoms. The van der Waals surface area contributed by atoms with Crippen LogP contribution in [0.15, 0.2) is 54.6 Å². The molecule has 0 aromatic heterocycles. The lowest BCUT2D eigenvalue weighted by molar-refractivity contribution is 0.0621. The minimum absolute atomic E-state index is 0.0357. The van der Waals surface area contributed by atoms with Gasteiger partial charge in [-0.2, -0.15) is 0 Å². The van der Waals surface area contributed by atoms with Gasteiger partial charge >= 0.3 is 0 Å². The molecule has 1 heterocycles. The maximum Gasteiger partial charge on any atom is 0.253 e. The number of piperidine rings is 1. The Kier molecular flexibility index (Phi) is 5.91. The Morgan fingerprint density at radius 3 is 2.60 bits per heavy atom. The number of hydrogen-bond donors (Lipinski definition) is 1. The van der Waals surface area contributed by atoms with E-state index in [0.717, 1.165) is 52.8 Å². The van der Waals surface area contributed by atoms with Gasteiger partial charge in [0.25, 0.3) is 5.91 Å². The van der Waals surface area contributed by atoms with E-state index < -0.39 is 0 Å². The topological polar surface area (TPSA) is 59.0 Å². The van der Waals surface area contributed by atoms with Crippen LogP contribution in [0.2, 0.25) is 0 Å². The van der Waals surface area contributed by atoms with E-state index in [1.165, 1.54) is 0 Å². The Morgan fingerprint density at radius 2 is 1.83 bits per heavy atom. The van der Waals surface area contributed by atoms with Gasteiger partial charge < -0.3 is 19.5 Å². The summed E-state index contributed by atoms with van der Waals surface area (Å²) in [6, 6.07) is 17.7. The van der Waals surface area contributed by atoms with Crippen LogP contribution in [0.3, 0.4) is 0 Å². The summed E-state index contributed by atoms with van der Waals surface area (Å²) >= 11 is 0. The maximum atomic E-state index is 13.0. The molecule has 1 saturated heterocycles. The number of carbonyl (C=O) groups excluding carboxylic acids is 1. The van der Waals surface area contributed by atoms with Crippen molar-refractivity contribution in [3.8, 4) is 22.6 Å². The fourth-order valence-electron chi connectivity index (χ4n) is 4.17. The first kappa shape index (κ1) is 20.2. The molecule has 4 rings (SSSR count). The van der Waals surface area contributed by atoms with E-state index >= 15 is 0 Å². The molecule has 5 nitrogen and oxygen atoms in total. The van der Waals surface area contributed by atoms with Crippen molar-refractivity contribution in [3.63, 3.8) is 0 Å². The molecule has 1 aliphatic heterocycles. The fourth-order valence-corrected chi connectivity index (χ4v) is 4.17. The number of nitrogens with zero attached hydrogens (tertiary/aromatic N) is 1. The van der Waals surface area contributed by atoms with Crippen LogP contribution >= 0.6 is 0 Å². The molecule has 3 aromatic carbocycles. The third-order valence-electron chi connectivity index (χ3n) is 5.87. The van der Waals surface area contributed by atoms with E-state index in [0.29, 0.717) is 12.1 Å². The number of hydrogen-bond acceptors (Lipinski definition) is 4. The molecule has 1 atom stereocenters. The number of amides is 1. The van der Waals surface area contributed by atoms with Crippen molar-refractivity contribution in [3.05, 3.63) is 60.2 Å².